The number of aliphatic hydroxyl groups excluding tert-OH is 1. The fraction of sp³-hybridized carbons (Fsp3) is 0.368. The lowest BCUT2D eigenvalue weighted by Gasteiger charge is -2.00. The van der Waals surface area contributed by atoms with Crippen LogP contribution in [0.15, 0.2) is 48.5 Å². The molecule has 0 aliphatic rings. The smallest absolute Gasteiger partial charge is 0.0465 e. The van der Waals surface area contributed by atoms with E-state index in [0.29, 0.717) is 0 Å². The summed E-state index contributed by atoms with van der Waals surface area (Å²) >= 11 is 11.4. The molecule has 0 heterocycles. The summed E-state index contributed by atoms with van der Waals surface area (Å²) < 4.78 is 4.96. The Bertz CT molecular complexity index is 524. The van der Waals surface area contributed by atoms with Gasteiger partial charge in [-0.25, -0.2) is 0 Å². The van der Waals surface area contributed by atoms with E-state index in [4.69, 9.17) is 33.0 Å². The molecule has 2 rings (SSSR count). The summed E-state index contributed by atoms with van der Waals surface area (Å²) in [5, 5.41) is 10.1. The standard InChI is InChI=1S/C10H13ClO.C9H11ClO/c1-12-8-2-3-9-4-6-10(11)7-5-9;10-9-5-3-8(4-6-9)2-1-7-11/h4-7H,2-3,8H2,1H3;3-6,11H,1-2,7H2. The predicted octanol–water partition coefficient (Wildman–Crippen LogP) is 5.18. The molecule has 0 amide bonds. The van der Waals surface area contributed by atoms with Crippen LogP contribution in [0.25, 0.3) is 0 Å². The Kier molecular flexibility index (Phi) is 10.8. The minimum Gasteiger partial charge on any atom is -0.396 e. The molecule has 4 heteroatoms. The van der Waals surface area contributed by atoms with Crippen molar-refractivity contribution in [2.24, 2.45) is 0 Å². The molecule has 0 aromatic heterocycles. The van der Waals surface area contributed by atoms with Crippen molar-refractivity contribution in [1.29, 1.82) is 0 Å². The highest BCUT2D eigenvalue weighted by atomic mass is 35.5. The van der Waals surface area contributed by atoms with Crippen LogP contribution in [0.3, 0.4) is 0 Å². The molecule has 0 saturated carbocycles. The fourth-order valence-corrected chi connectivity index (χ4v) is 2.26. The van der Waals surface area contributed by atoms with Crippen molar-refractivity contribution < 1.29 is 9.84 Å². The van der Waals surface area contributed by atoms with Gasteiger partial charge in [-0.05, 0) is 61.1 Å². The van der Waals surface area contributed by atoms with Gasteiger partial charge in [0.05, 0.1) is 0 Å². The van der Waals surface area contributed by atoms with Crippen LogP contribution < -0.4 is 0 Å². The van der Waals surface area contributed by atoms with Crippen LogP contribution >= 0.6 is 23.2 Å². The minimum atomic E-state index is 0.253. The van der Waals surface area contributed by atoms with Crippen molar-refractivity contribution in [2.45, 2.75) is 25.7 Å². The molecule has 0 aliphatic heterocycles. The van der Waals surface area contributed by atoms with E-state index in [1.807, 2.05) is 36.4 Å². The third kappa shape index (κ3) is 9.62. The molecule has 2 aromatic carbocycles. The van der Waals surface area contributed by atoms with E-state index in [2.05, 4.69) is 12.1 Å². The fourth-order valence-electron chi connectivity index (χ4n) is 2.01. The predicted molar refractivity (Wildman–Crippen MR) is 98.5 cm³/mol. The maximum atomic E-state index is 8.56. The van der Waals surface area contributed by atoms with Gasteiger partial charge < -0.3 is 9.84 Å². The van der Waals surface area contributed by atoms with Gasteiger partial charge in [0.15, 0.2) is 0 Å². The van der Waals surface area contributed by atoms with Gasteiger partial charge in [0.1, 0.15) is 0 Å². The van der Waals surface area contributed by atoms with Crippen LogP contribution in [0.4, 0.5) is 0 Å². The third-order valence-electron chi connectivity index (χ3n) is 3.26. The first kappa shape index (κ1) is 20.0. The molecule has 2 aromatic rings. The minimum absolute atomic E-state index is 0.253. The molecule has 2 nitrogen and oxygen atoms in total. The Morgan fingerprint density at radius 1 is 0.783 bits per heavy atom. The lowest BCUT2D eigenvalue weighted by Crippen LogP contribution is -1.91. The number of hydrogen-bond acceptors (Lipinski definition) is 2. The van der Waals surface area contributed by atoms with Gasteiger partial charge in [0.2, 0.25) is 0 Å². The molecular formula is C19H24Cl2O2. The highest BCUT2D eigenvalue weighted by Gasteiger charge is 1.93. The first-order valence-corrected chi connectivity index (χ1v) is 8.50. The van der Waals surface area contributed by atoms with Gasteiger partial charge in [0.25, 0.3) is 0 Å². The van der Waals surface area contributed by atoms with Gasteiger partial charge in [-0.3, -0.25) is 0 Å². The third-order valence-corrected chi connectivity index (χ3v) is 3.77. The number of aliphatic hydroxyl groups is 1. The van der Waals surface area contributed by atoms with Crippen LogP contribution in [-0.4, -0.2) is 25.4 Å². The molecule has 0 unspecified atom stereocenters. The lowest BCUT2D eigenvalue weighted by atomic mass is 10.1. The van der Waals surface area contributed by atoms with Gasteiger partial charge in [-0.1, -0.05) is 47.5 Å². The summed E-state index contributed by atoms with van der Waals surface area (Å²) in [6, 6.07) is 15.7. The molecule has 0 radical (unpaired) electrons. The first-order valence-electron chi connectivity index (χ1n) is 7.74. The van der Waals surface area contributed by atoms with Crippen molar-refractivity contribution in [3.8, 4) is 0 Å². The summed E-state index contributed by atoms with van der Waals surface area (Å²) in [6.07, 6.45) is 3.87. The maximum absolute atomic E-state index is 8.56. The average molecular weight is 355 g/mol. The van der Waals surface area contributed by atoms with E-state index in [1.54, 1.807) is 7.11 Å². The van der Waals surface area contributed by atoms with Crippen LogP contribution in [-0.2, 0) is 17.6 Å². The van der Waals surface area contributed by atoms with Gasteiger partial charge in [-0.15, -0.1) is 0 Å². The van der Waals surface area contributed by atoms with E-state index in [0.717, 1.165) is 42.3 Å². The van der Waals surface area contributed by atoms with Crippen molar-refractivity contribution in [3.05, 3.63) is 69.7 Å². The Morgan fingerprint density at radius 3 is 1.61 bits per heavy atom. The number of hydrogen-bond donors (Lipinski definition) is 1. The Labute approximate surface area is 149 Å². The van der Waals surface area contributed by atoms with Crippen molar-refractivity contribution in [1.82, 2.24) is 0 Å². The van der Waals surface area contributed by atoms with Crippen molar-refractivity contribution in [3.63, 3.8) is 0 Å². The summed E-state index contributed by atoms with van der Waals surface area (Å²) in [7, 11) is 1.72. The second-order valence-corrected chi connectivity index (χ2v) is 6.05. The normalized spacial score (nSPS) is 10.1. The lowest BCUT2D eigenvalue weighted by molar-refractivity contribution is 0.195. The summed E-state index contributed by atoms with van der Waals surface area (Å²) in [4.78, 5) is 0. The monoisotopic (exact) mass is 354 g/mol. The highest BCUT2D eigenvalue weighted by molar-refractivity contribution is 6.30. The Hall–Kier alpha value is -1.06. The van der Waals surface area contributed by atoms with Gasteiger partial charge in [-0.2, -0.15) is 0 Å². The number of ether oxygens (including phenoxy) is 1. The Morgan fingerprint density at radius 2 is 1.22 bits per heavy atom. The molecule has 0 aliphatic carbocycles. The van der Waals surface area contributed by atoms with Crippen LogP contribution in [0.2, 0.25) is 10.0 Å². The SMILES string of the molecule is COCCCc1ccc(Cl)cc1.OCCCc1ccc(Cl)cc1. The number of benzene rings is 2. The van der Waals surface area contributed by atoms with E-state index >= 15 is 0 Å². The zero-order valence-electron chi connectivity index (χ0n) is 13.5. The topological polar surface area (TPSA) is 29.5 Å². The average Bonchev–Trinajstić information content (AvgIpc) is 2.57. The molecule has 0 spiro atoms. The van der Waals surface area contributed by atoms with E-state index in [1.165, 1.54) is 11.1 Å². The van der Waals surface area contributed by atoms with Gasteiger partial charge in [0, 0.05) is 30.4 Å². The maximum Gasteiger partial charge on any atom is 0.0465 e. The number of halogens is 2. The van der Waals surface area contributed by atoms with Crippen LogP contribution in [0.1, 0.15) is 24.0 Å². The second kappa shape index (κ2) is 12.4. The van der Waals surface area contributed by atoms with E-state index < -0.39 is 0 Å². The molecule has 0 saturated heterocycles. The van der Waals surface area contributed by atoms with E-state index in [9.17, 15) is 0 Å². The summed E-state index contributed by atoms with van der Waals surface area (Å²) in [5.74, 6) is 0. The molecule has 0 fully saturated rings. The number of methoxy groups -OCH3 is 1. The van der Waals surface area contributed by atoms with Crippen molar-refractivity contribution >= 4 is 23.2 Å². The summed E-state index contributed by atoms with van der Waals surface area (Å²) in [6.45, 7) is 1.07. The molecular weight excluding hydrogens is 331 g/mol. The molecule has 0 bridgehead atoms. The largest absolute Gasteiger partial charge is 0.396 e. The molecule has 23 heavy (non-hydrogen) atoms. The molecule has 126 valence electrons. The van der Waals surface area contributed by atoms with Crippen molar-refractivity contribution in [2.75, 3.05) is 20.3 Å². The summed E-state index contributed by atoms with van der Waals surface area (Å²) in [5.41, 5.74) is 2.54. The van der Waals surface area contributed by atoms with E-state index in [-0.39, 0.29) is 6.61 Å². The van der Waals surface area contributed by atoms with Crippen LogP contribution in [0, 0.1) is 0 Å². The Balaban J connectivity index is 0.000000231. The quantitative estimate of drug-likeness (QED) is 0.693. The zero-order valence-corrected chi connectivity index (χ0v) is 15.0. The zero-order chi connectivity index (χ0) is 16.9. The highest BCUT2D eigenvalue weighted by Crippen LogP contribution is 2.11. The second-order valence-electron chi connectivity index (χ2n) is 5.18. The molecule has 0 atom stereocenters. The van der Waals surface area contributed by atoms with Crippen LogP contribution in [0.5, 0.6) is 0 Å². The molecule has 1 N–H and O–H groups in total. The first-order chi connectivity index (χ1) is 11.2. The number of rotatable bonds is 7. The van der Waals surface area contributed by atoms with Gasteiger partial charge >= 0.3 is 0 Å². The number of aryl methyl sites for hydroxylation is 2.